The van der Waals surface area contributed by atoms with Crippen LogP contribution in [-0.2, 0) is 4.74 Å². The molecule has 5 nitrogen and oxygen atoms in total. The second-order valence-corrected chi connectivity index (χ2v) is 6.19. The van der Waals surface area contributed by atoms with Gasteiger partial charge in [0.1, 0.15) is 11.4 Å². The monoisotopic (exact) mass is 292 g/mol. The fourth-order valence-corrected chi connectivity index (χ4v) is 2.12. The average Bonchev–Trinajstić information content (AvgIpc) is 2.32. The molecule has 1 aliphatic heterocycles. The van der Waals surface area contributed by atoms with E-state index in [-0.39, 0.29) is 12.1 Å². The van der Waals surface area contributed by atoms with Gasteiger partial charge in [-0.2, -0.15) is 0 Å². The lowest BCUT2D eigenvalue weighted by Gasteiger charge is -2.40. The van der Waals surface area contributed by atoms with Gasteiger partial charge in [-0.05, 0) is 39.8 Å². The molecule has 0 bridgehead atoms. The molecule has 1 aliphatic rings. The van der Waals surface area contributed by atoms with Crippen molar-refractivity contribution in [3.8, 4) is 5.75 Å². The van der Waals surface area contributed by atoms with Crippen molar-refractivity contribution in [1.29, 1.82) is 0 Å². The number of amides is 1. The standard InChI is InChI=1S/C16H24N2O3/c1-5-20-14-8-6-7-12(9-14)17-13-10-18(11-13)15(19)21-16(2,3)4/h6-9,13,17H,5,10-11H2,1-4H3. The van der Waals surface area contributed by atoms with Crippen molar-refractivity contribution in [2.75, 3.05) is 25.0 Å². The highest BCUT2D eigenvalue weighted by Crippen LogP contribution is 2.21. The lowest BCUT2D eigenvalue weighted by molar-refractivity contribution is 0.0105. The van der Waals surface area contributed by atoms with Crippen LogP contribution >= 0.6 is 0 Å². The highest BCUT2D eigenvalue weighted by molar-refractivity contribution is 5.69. The van der Waals surface area contributed by atoms with Gasteiger partial charge < -0.3 is 19.7 Å². The molecule has 0 aromatic heterocycles. The zero-order valence-electron chi connectivity index (χ0n) is 13.2. The second kappa shape index (κ2) is 6.24. The first-order chi connectivity index (χ1) is 9.87. The van der Waals surface area contributed by atoms with Gasteiger partial charge in [-0.15, -0.1) is 0 Å². The first kappa shape index (κ1) is 15.5. The maximum atomic E-state index is 11.8. The second-order valence-electron chi connectivity index (χ2n) is 6.19. The van der Waals surface area contributed by atoms with Crippen LogP contribution in [0, 0.1) is 0 Å². The molecule has 0 saturated carbocycles. The highest BCUT2D eigenvalue weighted by Gasteiger charge is 2.33. The molecule has 1 amide bonds. The highest BCUT2D eigenvalue weighted by atomic mass is 16.6. The number of likely N-dealkylation sites (tertiary alicyclic amines) is 1. The first-order valence-electron chi connectivity index (χ1n) is 7.34. The quantitative estimate of drug-likeness (QED) is 0.926. The number of carbonyl (C=O) groups excluding carboxylic acids is 1. The summed E-state index contributed by atoms with van der Waals surface area (Å²) in [5.41, 5.74) is 0.566. The fourth-order valence-electron chi connectivity index (χ4n) is 2.12. The van der Waals surface area contributed by atoms with E-state index in [4.69, 9.17) is 9.47 Å². The third-order valence-corrected chi connectivity index (χ3v) is 3.05. The van der Waals surface area contributed by atoms with Crippen LogP contribution in [0.5, 0.6) is 5.75 Å². The molecule has 0 unspecified atom stereocenters. The van der Waals surface area contributed by atoms with Gasteiger partial charge in [0.15, 0.2) is 0 Å². The molecule has 1 fully saturated rings. The van der Waals surface area contributed by atoms with Crippen LogP contribution in [0.3, 0.4) is 0 Å². The molecule has 2 rings (SSSR count). The molecule has 1 aromatic carbocycles. The van der Waals surface area contributed by atoms with Crippen molar-refractivity contribution in [3.05, 3.63) is 24.3 Å². The third-order valence-electron chi connectivity index (χ3n) is 3.05. The predicted molar refractivity (Wildman–Crippen MR) is 82.8 cm³/mol. The number of hydrogen-bond acceptors (Lipinski definition) is 4. The summed E-state index contributed by atoms with van der Waals surface area (Å²) in [5.74, 6) is 0.853. The summed E-state index contributed by atoms with van der Waals surface area (Å²) in [5, 5.41) is 3.40. The summed E-state index contributed by atoms with van der Waals surface area (Å²) in [6.45, 7) is 9.56. The Morgan fingerprint density at radius 1 is 1.38 bits per heavy atom. The van der Waals surface area contributed by atoms with E-state index in [1.807, 2.05) is 52.0 Å². The Morgan fingerprint density at radius 3 is 2.71 bits per heavy atom. The Kier molecular flexibility index (Phi) is 4.60. The molecule has 21 heavy (non-hydrogen) atoms. The number of benzene rings is 1. The van der Waals surface area contributed by atoms with Crippen LogP contribution in [-0.4, -0.2) is 42.3 Å². The summed E-state index contributed by atoms with van der Waals surface area (Å²) in [4.78, 5) is 13.5. The largest absolute Gasteiger partial charge is 0.494 e. The summed E-state index contributed by atoms with van der Waals surface area (Å²) >= 11 is 0. The van der Waals surface area contributed by atoms with Crippen LogP contribution in [0.15, 0.2) is 24.3 Å². The molecule has 0 radical (unpaired) electrons. The number of nitrogens with zero attached hydrogens (tertiary/aromatic N) is 1. The van der Waals surface area contributed by atoms with Gasteiger partial charge in [0.25, 0.3) is 0 Å². The minimum absolute atomic E-state index is 0.247. The van der Waals surface area contributed by atoms with Crippen molar-refractivity contribution in [2.24, 2.45) is 0 Å². The summed E-state index contributed by atoms with van der Waals surface area (Å²) in [6.07, 6.45) is -0.247. The number of nitrogens with one attached hydrogen (secondary N) is 1. The zero-order chi connectivity index (χ0) is 15.5. The van der Waals surface area contributed by atoms with Crippen molar-refractivity contribution in [3.63, 3.8) is 0 Å². The molecular formula is C16H24N2O3. The summed E-state index contributed by atoms with van der Waals surface area (Å²) in [7, 11) is 0. The molecule has 0 spiro atoms. The SMILES string of the molecule is CCOc1cccc(NC2CN(C(=O)OC(C)(C)C)C2)c1. The van der Waals surface area contributed by atoms with Gasteiger partial charge >= 0.3 is 6.09 Å². The Balaban J connectivity index is 1.80. The fraction of sp³-hybridized carbons (Fsp3) is 0.562. The van der Waals surface area contributed by atoms with Crippen molar-refractivity contribution < 1.29 is 14.3 Å². The third kappa shape index (κ3) is 4.55. The van der Waals surface area contributed by atoms with Gasteiger partial charge in [0.2, 0.25) is 0 Å². The van der Waals surface area contributed by atoms with E-state index < -0.39 is 5.60 Å². The molecule has 0 aliphatic carbocycles. The lowest BCUT2D eigenvalue weighted by Crippen LogP contribution is -2.57. The van der Waals surface area contributed by atoms with Crippen LogP contribution in [0.25, 0.3) is 0 Å². The number of hydrogen-bond donors (Lipinski definition) is 1. The van der Waals surface area contributed by atoms with Crippen molar-refractivity contribution >= 4 is 11.8 Å². The van der Waals surface area contributed by atoms with Crippen molar-refractivity contribution in [1.82, 2.24) is 4.90 Å². The van der Waals surface area contributed by atoms with Crippen LogP contribution < -0.4 is 10.1 Å². The van der Waals surface area contributed by atoms with E-state index >= 15 is 0 Å². The minimum Gasteiger partial charge on any atom is -0.494 e. The topological polar surface area (TPSA) is 50.8 Å². The maximum absolute atomic E-state index is 11.8. The van der Waals surface area contributed by atoms with E-state index in [9.17, 15) is 4.79 Å². The molecule has 1 heterocycles. The number of carbonyl (C=O) groups is 1. The van der Waals surface area contributed by atoms with Gasteiger partial charge in [0, 0.05) is 24.8 Å². The molecule has 1 aromatic rings. The van der Waals surface area contributed by atoms with Crippen LogP contribution in [0.4, 0.5) is 10.5 Å². The predicted octanol–water partition coefficient (Wildman–Crippen LogP) is 3.12. The molecule has 0 atom stereocenters. The molecule has 1 saturated heterocycles. The molecule has 1 N–H and O–H groups in total. The van der Waals surface area contributed by atoms with E-state index in [1.54, 1.807) is 4.90 Å². The van der Waals surface area contributed by atoms with Gasteiger partial charge in [0.05, 0.1) is 12.6 Å². The minimum atomic E-state index is -0.443. The Bertz CT molecular complexity index is 491. The summed E-state index contributed by atoms with van der Waals surface area (Å²) in [6, 6.07) is 8.12. The lowest BCUT2D eigenvalue weighted by atomic mass is 10.1. The van der Waals surface area contributed by atoms with E-state index in [1.165, 1.54) is 0 Å². The summed E-state index contributed by atoms with van der Waals surface area (Å²) < 4.78 is 10.8. The normalized spacial score (nSPS) is 15.3. The van der Waals surface area contributed by atoms with Crippen molar-refractivity contribution in [2.45, 2.75) is 39.3 Å². The van der Waals surface area contributed by atoms with Gasteiger partial charge in [-0.3, -0.25) is 0 Å². The van der Waals surface area contributed by atoms with Gasteiger partial charge in [-0.1, -0.05) is 6.07 Å². The van der Waals surface area contributed by atoms with Crippen LogP contribution in [0.1, 0.15) is 27.7 Å². The first-order valence-corrected chi connectivity index (χ1v) is 7.34. The molecule has 116 valence electrons. The van der Waals surface area contributed by atoms with Crippen LogP contribution in [0.2, 0.25) is 0 Å². The number of anilines is 1. The number of rotatable bonds is 4. The Morgan fingerprint density at radius 2 is 2.10 bits per heavy atom. The van der Waals surface area contributed by atoms with Gasteiger partial charge in [-0.25, -0.2) is 4.79 Å². The Hall–Kier alpha value is -1.91. The smallest absolute Gasteiger partial charge is 0.410 e. The molecular weight excluding hydrogens is 268 g/mol. The number of ether oxygens (including phenoxy) is 2. The zero-order valence-corrected chi connectivity index (χ0v) is 13.2. The van der Waals surface area contributed by atoms with E-state index in [2.05, 4.69) is 5.32 Å². The molecule has 5 heteroatoms. The van der Waals surface area contributed by atoms with E-state index in [0.29, 0.717) is 19.7 Å². The Labute approximate surface area is 126 Å². The average molecular weight is 292 g/mol. The maximum Gasteiger partial charge on any atom is 0.410 e. The van der Waals surface area contributed by atoms with E-state index in [0.717, 1.165) is 11.4 Å².